The minimum absolute atomic E-state index is 0.105. The molecule has 2 N–H and O–H groups in total. The fourth-order valence-corrected chi connectivity index (χ4v) is 1.74. The lowest BCUT2D eigenvalue weighted by atomic mass is 10.1. The summed E-state index contributed by atoms with van der Waals surface area (Å²) in [4.78, 5) is 0. The van der Waals surface area contributed by atoms with Crippen molar-refractivity contribution in [2.24, 2.45) is 0 Å². The zero-order valence-electron chi connectivity index (χ0n) is 9.00. The van der Waals surface area contributed by atoms with E-state index in [1.54, 1.807) is 0 Å². The Morgan fingerprint density at radius 1 is 1.56 bits per heavy atom. The Morgan fingerprint density at radius 2 is 2.38 bits per heavy atom. The number of nitrogens with one attached hydrogen (secondary N) is 1. The predicted octanol–water partition coefficient (Wildman–Crippen LogP) is 1.20. The number of aromatic hydroxyl groups is 1. The monoisotopic (exact) mass is 227 g/mol. The Kier molecular flexibility index (Phi) is 3.26. The minimum atomic E-state index is -0.576. The first kappa shape index (κ1) is 11.2. The van der Waals surface area contributed by atoms with Crippen LogP contribution in [0.25, 0.3) is 0 Å². The van der Waals surface area contributed by atoms with Crippen molar-refractivity contribution in [2.75, 3.05) is 26.8 Å². The fourth-order valence-electron chi connectivity index (χ4n) is 1.74. The maximum atomic E-state index is 13.3. The Labute approximate surface area is 93.0 Å². The van der Waals surface area contributed by atoms with Crippen LogP contribution in [0.15, 0.2) is 12.1 Å². The first-order chi connectivity index (χ1) is 7.72. The second-order valence-corrected chi connectivity index (χ2v) is 3.61. The van der Waals surface area contributed by atoms with Gasteiger partial charge in [0.2, 0.25) is 0 Å². The molecule has 1 aromatic carbocycles. The molecule has 1 aromatic rings. The second-order valence-electron chi connectivity index (χ2n) is 3.61. The van der Waals surface area contributed by atoms with Crippen LogP contribution in [0.4, 0.5) is 4.39 Å². The molecule has 0 aromatic heterocycles. The fraction of sp³-hybridized carbons (Fsp3) is 0.455. The molecule has 1 aliphatic rings. The molecule has 0 spiro atoms. The van der Waals surface area contributed by atoms with Crippen molar-refractivity contribution >= 4 is 0 Å². The lowest BCUT2D eigenvalue weighted by molar-refractivity contribution is 0.0261. The molecule has 0 bridgehead atoms. The van der Waals surface area contributed by atoms with E-state index in [0.717, 1.165) is 12.6 Å². The molecular formula is C11H14FNO3. The van der Waals surface area contributed by atoms with Gasteiger partial charge in [-0.1, -0.05) is 0 Å². The zero-order valence-corrected chi connectivity index (χ0v) is 9.00. The number of hydrogen-bond acceptors (Lipinski definition) is 4. The third-order valence-corrected chi connectivity index (χ3v) is 2.58. The third kappa shape index (κ3) is 2.10. The highest BCUT2D eigenvalue weighted by Gasteiger charge is 2.21. The number of halogens is 1. The van der Waals surface area contributed by atoms with E-state index in [1.165, 1.54) is 13.2 Å². The van der Waals surface area contributed by atoms with Crippen LogP contribution in [-0.4, -0.2) is 31.9 Å². The molecule has 0 amide bonds. The molecule has 1 aliphatic heterocycles. The van der Waals surface area contributed by atoms with Crippen LogP contribution in [0.2, 0.25) is 0 Å². The van der Waals surface area contributed by atoms with E-state index in [9.17, 15) is 9.50 Å². The average Bonchev–Trinajstić information content (AvgIpc) is 2.30. The molecule has 1 atom stereocenters. The van der Waals surface area contributed by atoms with E-state index < -0.39 is 5.82 Å². The van der Waals surface area contributed by atoms with Gasteiger partial charge in [0.05, 0.1) is 19.8 Å². The summed E-state index contributed by atoms with van der Waals surface area (Å²) in [6, 6.07) is 2.52. The number of morpholine rings is 1. The summed E-state index contributed by atoms with van der Waals surface area (Å²) in [6.45, 7) is 1.96. The molecular weight excluding hydrogens is 213 g/mol. The van der Waals surface area contributed by atoms with Gasteiger partial charge < -0.3 is 19.9 Å². The number of rotatable bonds is 2. The molecule has 1 saturated heterocycles. The molecule has 88 valence electrons. The molecule has 5 heteroatoms. The molecule has 2 rings (SSSR count). The van der Waals surface area contributed by atoms with Crippen LogP contribution < -0.4 is 10.1 Å². The Bertz CT molecular complexity index is 378. The highest BCUT2D eigenvalue weighted by molar-refractivity contribution is 5.42. The third-order valence-electron chi connectivity index (χ3n) is 2.58. The number of methoxy groups -OCH3 is 1. The van der Waals surface area contributed by atoms with Crippen LogP contribution in [0.5, 0.6) is 11.5 Å². The van der Waals surface area contributed by atoms with Gasteiger partial charge in [0.15, 0.2) is 11.6 Å². The van der Waals surface area contributed by atoms with Gasteiger partial charge in [-0.05, 0) is 6.07 Å². The average molecular weight is 227 g/mol. The highest BCUT2D eigenvalue weighted by Crippen LogP contribution is 2.33. The van der Waals surface area contributed by atoms with Crippen LogP contribution in [-0.2, 0) is 4.74 Å². The number of ether oxygens (including phenoxy) is 2. The lowest BCUT2D eigenvalue weighted by Gasteiger charge is -2.24. The summed E-state index contributed by atoms with van der Waals surface area (Å²) in [7, 11) is 1.39. The van der Waals surface area contributed by atoms with E-state index in [0.29, 0.717) is 18.7 Å². The van der Waals surface area contributed by atoms with Crippen LogP contribution in [0, 0.1) is 5.82 Å². The minimum Gasteiger partial charge on any atom is -0.507 e. The van der Waals surface area contributed by atoms with E-state index >= 15 is 0 Å². The van der Waals surface area contributed by atoms with Crippen LogP contribution in [0.1, 0.15) is 11.7 Å². The first-order valence-electron chi connectivity index (χ1n) is 5.11. The summed E-state index contributed by atoms with van der Waals surface area (Å²) in [5.41, 5.74) is 0.547. The van der Waals surface area contributed by atoms with Gasteiger partial charge in [0, 0.05) is 24.7 Å². The summed E-state index contributed by atoms with van der Waals surface area (Å²) in [5, 5.41) is 12.8. The van der Waals surface area contributed by atoms with Gasteiger partial charge in [-0.25, -0.2) is 4.39 Å². The molecule has 16 heavy (non-hydrogen) atoms. The van der Waals surface area contributed by atoms with E-state index in [1.807, 2.05) is 0 Å². The Morgan fingerprint density at radius 3 is 3.00 bits per heavy atom. The van der Waals surface area contributed by atoms with Gasteiger partial charge in [-0.15, -0.1) is 0 Å². The first-order valence-corrected chi connectivity index (χ1v) is 5.11. The maximum absolute atomic E-state index is 13.3. The summed E-state index contributed by atoms with van der Waals surface area (Å²) >= 11 is 0. The number of hydrogen-bond donors (Lipinski definition) is 2. The van der Waals surface area contributed by atoms with Crippen molar-refractivity contribution in [1.29, 1.82) is 0 Å². The normalized spacial score (nSPS) is 20.8. The van der Waals surface area contributed by atoms with Gasteiger partial charge in [-0.2, -0.15) is 0 Å². The number of benzene rings is 1. The molecule has 1 fully saturated rings. The quantitative estimate of drug-likeness (QED) is 0.797. The number of phenols is 1. The van der Waals surface area contributed by atoms with Gasteiger partial charge in [0.25, 0.3) is 0 Å². The number of phenolic OH excluding ortho intramolecular Hbond substituents is 1. The Hall–Kier alpha value is -1.33. The summed E-state index contributed by atoms with van der Waals surface area (Å²) < 4.78 is 23.6. The van der Waals surface area contributed by atoms with Gasteiger partial charge in [0.1, 0.15) is 5.75 Å². The van der Waals surface area contributed by atoms with Crippen molar-refractivity contribution in [3.63, 3.8) is 0 Å². The molecule has 1 unspecified atom stereocenters. The largest absolute Gasteiger partial charge is 0.507 e. The van der Waals surface area contributed by atoms with E-state index in [2.05, 4.69) is 5.32 Å². The lowest BCUT2D eigenvalue weighted by Crippen LogP contribution is -2.33. The van der Waals surface area contributed by atoms with E-state index in [4.69, 9.17) is 9.47 Å². The molecule has 0 aliphatic carbocycles. The maximum Gasteiger partial charge on any atom is 0.168 e. The standard InChI is InChI=1S/C11H14FNO3/c1-15-10-4-7(9(14)5-8(10)12)11-6-13-2-3-16-11/h4-5,11,13-14H,2-3,6H2,1H3. The predicted molar refractivity (Wildman–Crippen MR) is 56.2 cm³/mol. The van der Waals surface area contributed by atoms with Crippen molar-refractivity contribution in [3.05, 3.63) is 23.5 Å². The SMILES string of the molecule is COc1cc(C2CNCCO2)c(O)cc1F. The molecule has 4 nitrogen and oxygen atoms in total. The van der Waals surface area contributed by atoms with Gasteiger partial charge >= 0.3 is 0 Å². The Balaban J connectivity index is 2.31. The molecule has 1 heterocycles. The highest BCUT2D eigenvalue weighted by atomic mass is 19.1. The van der Waals surface area contributed by atoms with E-state index in [-0.39, 0.29) is 17.6 Å². The van der Waals surface area contributed by atoms with Crippen molar-refractivity contribution in [3.8, 4) is 11.5 Å². The topological polar surface area (TPSA) is 50.7 Å². The smallest absolute Gasteiger partial charge is 0.168 e. The van der Waals surface area contributed by atoms with Gasteiger partial charge in [-0.3, -0.25) is 0 Å². The molecule has 0 saturated carbocycles. The molecule has 0 radical (unpaired) electrons. The van der Waals surface area contributed by atoms with Crippen molar-refractivity contribution in [2.45, 2.75) is 6.10 Å². The van der Waals surface area contributed by atoms with Crippen molar-refractivity contribution in [1.82, 2.24) is 5.32 Å². The van der Waals surface area contributed by atoms with Crippen LogP contribution >= 0.6 is 0 Å². The zero-order chi connectivity index (χ0) is 11.5. The summed E-state index contributed by atoms with van der Waals surface area (Å²) in [5.74, 6) is -0.568. The summed E-state index contributed by atoms with van der Waals surface area (Å²) in [6.07, 6.45) is -0.261. The van der Waals surface area contributed by atoms with Crippen LogP contribution in [0.3, 0.4) is 0 Å². The van der Waals surface area contributed by atoms with Crippen molar-refractivity contribution < 1.29 is 19.0 Å². The second kappa shape index (κ2) is 4.67.